The van der Waals surface area contributed by atoms with Gasteiger partial charge in [0.15, 0.2) is 5.75 Å². The van der Waals surface area contributed by atoms with Crippen molar-refractivity contribution >= 4 is 0 Å². The van der Waals surface area contributed by atoms with Crippen LogP contribution in [0.15, 0.2) is 18.7 Å². The van der Waals surface area contributed by atoms with Crippen LogP contribution >= 0.6 is 0 Å². The van der Waals surface area contributed by atoms with Crippen LogP contribution in [0.5, 0.6) is 5.75 Å². The number of methoxy groups -OCH3 is 1. The molecule has 0 fully saturated rings. The Labute approximate surface area is 112 Å². The van der Waals surface area contributed by atoms with Crippen molar-refractivity contribution < 1.29 is 4.74 Å². The molecule has 2 aromatic heterocycles. The second kappa shape index (κ2) is 5.41. The Balaban J connectivity index is 2.54. The van der Waals surface area contributed by atoms with Crippen LogP contribution in [0.4, 0.5) is 0 Å². The van der Waals surface area contributed by atoms with E-state index in [1.807, 2.05) is 16.3 Å². The molecule has 0 amide bonds. The minimum Gasteiger partial charge on any atom is -0.493 e. The molecule has 7 heteroatoms. The molecule has 104 valence electrons. The van der Waals surface area contributed by atoms with Gasteiger partial charge in [0.1, 0.15) is 11.7 Å². The number of hydrogen-bond acceptors (Lipinski definition) is 5. The summed E-state index contributed by atoms with van der Waals surface area (Å²) in [5.41, 5.74) is 4.66. The van der Waals surface area contributed by atoms with Gasteiger partial charge >= 0.3 is 0 Å². The fraction of sp³-hybridized carbons (Fsp3) is 0.500. The van der Waals surface area contributed by atoms with E-state index in [9.17, 15) is 0 Å². The molecule has 0 aromatic carbocycles. The van der Waals surface area contributed by atoms with Crippen molar-refractivity contribution in [2.45, 2.75) is 25.9 Å². The molecular weight excluding hydrogens is 244 g/mol. The molecule has 7 nitrogen and oxygen atoms in total. The molecule has 0 radical (unpaired) electrons. The molecule has 0 spiro atoms. The Morgan fingerprint density at radius 3 is 2.58 bits per heavy atom. The summed E-state index contributed by atoms with van der Waals surface area (Å²) in [5.74, 6) is 6.44. The van der Waals surface area contributed by atoms with Crippen molar-refractivity contribution in [1.82, 2.24) is 24.8 Å². The van der Waals surface area contributed by atoms with Gasteiger partial charge in [0, 0.05) is 13.1 Å². The van der Waals surface area contributed by atoms with Crippen LogP contribution in [0, 0.1) is 0 Å². The zero-order valence-corrected chi connectivity index (χ0v) is 11.7. The van der Waals surface area contributed by atoms with Gasteiger partial charge in [-0.15, -0.1) is 0 Å². The van der Waals surface area contributed by atoms with Crippen LogP contribution in [0.25, 0.3) is 0 Å². The van der Waals surface area contributed by atoms with Crippen LogP contribution in [-0.4, -0.2) is 26.4 Å². The molecule has 19 heavy (non-hydrogen) atoms. The van der Waals surface area contributed by atoms with Gasteiger partial charge in [0.2, 0.25) is 0 Å². The normalized spacial score (nSPS) is 12.9. The van der Waals surface area contributed by atoms with Crippen LogP contribution in [0.2, 0.25) is 0 Å². The first-order chi connectivity index (χ1) is 9.10. The summed E-state index contributed by atoms with van der Waals surface area (Å²) in [4.78, 5) is 4.13. The smallest absolute Gasteiger partial charge is 0.162 e. The third-order valence-electron chi connectivity index (χ3n) is 3.10. The number of rotatable bonds is 5. The molecule has 2 aromatic rings. The highest BCUT2D eigenvalue weighted by Gasteiger charge is 2.25. The SMILES string of the molecule is COc1cnn(C(C)C)c1C(NN)c1cncn1C. The van der Waals surface area contributed by atoms with E-state index < -0.39 is 0 Å². The number of imidazole rings is 1. The van der Waals surface area contributed by atoms with Gasteiger partial charge in [-0.1, -0.05) is 0 Å². The summed E-state index contributed by atoms with van der Waals surface area (Å²) in [7, 11) is 3.55. The first-order valence-corrected chi connectivity index (χ1v) is 6.13. The highest BCUT2D eigenvalue weighted by molar-refractivity contribution is 5.33. The maximum atomic E-state index is 5.73. The minimum absolute atomic E-state index is 0.211. The molecule has 0 aliphatic carbocycles. The van der Waals surface area contributed by atoms with E-state index in [4.69, 9.17) is 10.6 Å². The fourth-order valence-corrected chi connectivity index (χ4v) is 2.15. The van der Waals surface area contributed by atoms with Crippen molar-refractivity contribution in [2.24, 2.45) is 12.9 Å². The lowest BCUT2D eigenvalue weighted by molar-refractivity contribution is 0.392. The van der Waals surface area contributed by atoms with E-state index >= 15 is 0 Å². The number of nitrogens with zero attached hydrogens (tertiary/aromatic N) is 4. The molecule has 2 rings (SSSR count). The average molecular weight is 264 g/mol. The number of nitrogens with two attached hydrogens (primary N) is 1. The summed E-state index contributed by atoms with van der Waals surface area (Å²) in [6, 6.07) is -0.0182. The molecule has 0 bridgehead atoms. The highest BCUT2D eigenvalue weighted by Crippen LogP contribution is 2.30. The molecule has 0 aliphatic heterocycles. The molecule has 1 atom stereocenters. The van der Waals surface area contributed by atoms with Gasteiger partial charge in [-0.05, 0) is 13.8 Å². The van der Waals surface area contributed by atoms with Gasteiger partial charge in [0.25, 0.3) is 0 Å². The lowest BCUT2D eigenvalue weighted by atomic mass is 10.1. The second-order valence-corrected chi connectivity index (χ2v) is 4.67. The molecule has 1 unspecified atom stereocenters. The Morgan fingerprint density at radius 2 is 2.11 bits per heavy atom. The zero-order chi connectivity index (χ0) is 14.0. The van der Waals surface area contributed by atoms with Crippen molar-refractivity contribution in [3.63, 3.8) is 0 Å². The standard InChI is InChI=1S/C12H20N6O/c1-8(2)18-12(10(19-4)6-15-18)11(16-13)9-5-14-7-17(9)3/h5-8,11,16H,13H2,1-4H3. The molecule has 0 saturated heterocycles. The number of hydrogen-bond donors (Lipinski definition) is 2. The van der Waals surface area contributed by atoms with E-state index in [-0.39, 0.29) is 12.1 Å². The Morgan fingerprint density at radius 1 is 1.37 bits per heavy atom. The highest BCUT2D eigenvalue weighted by atomic mass is 16.5. The second-order valence-electron chi connectivity index (χ2n) is 4.67. The molecule has 2 heterocycles. The summed E-state index contributed by atoms with van der Waals surface area (Å²) >= 11 is 0. The van der Waals surface area contributed by atoms with Gasteiger partial charge in [-0.2, -0.15) is 5.10 Å². The van der Waals surface area contributed by atoms with Crippen molar-refractivity contribution in [3.05, 3.63) is 30.1 Å². The molecule has 3 N–H and O–H groups in total. The van der Waals surface area contributed by atoms with Gasteiger partial charge in [0.05, 0.1) is 31.5 Å². The van der Waals surface area contributed by atoms with Gasteiger partial charge < -0.3 is 9.30 Å². The fourth-order valence-electron chi connectivity index (χ4n) is 2.15. The topological polar surface area (TPSA) is 82.9 Å². The van der Waals surface area contributed by atoms with Crippen LogP contribution < -0.4 is 16.0 Å². The Hall–Kier alpha value is -1.86. The lowest BCUT2D eigenvalue weighted by Crippen LogP contribution is -2.32. The molecular formula is C12H20N6O. The Kier molecular flexibility index (Phi) is 3.87. The third kappa shape index (κ3) is 2.34. The van der Waals surface area contributed by atoms with Crippen LogP contribution in [0.3, 0.4) is 0 Å². The summed E-state index contributed by atoms with van der Waals surface area (Å²) < 4.78 is 9.21. The number of aromatic nitrogens is 4. The van der Waals surface area contributed by atoms with Crippen molar-refractivity contribution in [1.29, 1.82) is 0 Å². The monoisotopic (exact) mass is 264 g/mol. The van der Waals surface area contributed by atoms with Crippen molar-refractivity contribution in [2.75, 3.05) is 7.11 Å². The zero-order valence-electron chi connectivity index (χ0n) is 11.7. The largest absolute Gasteiger partial charge is 0.493 e. The van der Waals surface area contributed by atoms with E-state index in [1.54, 1.807) is 25.8 Å². The third-order valence-corrected chi connectivity index (χ3v) is 3.10. The summed E-state index contributed by atoms with van der Waals surface area (Å²) in [6.45, 7) is 4.12. The first-order valence-electron chi connectivity index (χ1n) is 6.13. The number of hydrazine groups is 1. The predicted molar refractivity (Wildman–Crippen MR) is 71.5 cm³/mol. The van der Waals surface area contributed by atoms with Crippen LogP contribution in [-0.2, 0) is 7.05 Å². The lowest BCUT2D eigenvalue weighted by Gasteiger charge is -2.21. The number of ether oxygens (including phenoxy) is 1. The van der Waals surface area contributed by atoms with Crippen molar-refractivity contribution in [3.8, 4) is 5.75 Å². The average Bonchev–Trinajstić information content (AvgIpc) is 2.98. The molecule has 0 saturated carbocycles. The van der Waals surface area contributed by atoms with E-state index in [2.05, 4.69) is 29.4 Å². The number of aryl methyl sites for hydroxylation is 1. The number of nitrogens with one attached hydrogen (secondary N) is 1. The molecule has 0 aliphatic rings. The van der Waals surface area contributed by atoms with Gasteiger partial charge in [-0.25, -0.2) is 10.4 Å². The minimum atomic E-state index is -0.229. The van der Waals surface area contributed by atoms with Crippen LogP contribution in [0.1, 0.15) is 37.3 Å². The van der Waals surface area contributed by atoms with E-state index in [0.29, 0.717) is 5.75 Å². The summed E-state index contributed by atoms with van der Waals surface area (Å²) in [6.07, 6.45) is 5.22. The summed E-state index contributed by atoms with van der Waals surface area (Å²) in [5, 5.41) is 4.36. The maximum absolute atomic E-state index is 5.73. The quantitative estimate of drug-likeness (QED) is 0.615. The van der Waals surface area contributed by atoms with Gasteiger partial charge in [-0.3, -0.25) is 10.5 Å². The Bertz CT molecular complexity index is 544. The predicted octanol–water partition coefficient (Wildman–Crippen LogP) is 0.759. The van der Waals surface area contributed by atoms with E-state index in [1.165, 1.54) is 0 Å². The maximum Gasteiger partial charge on any atom is 0.162 e. The first kappa shape index (κ1) is 13.6. The van der Waals surface area contributed by atoms with E-state index in [0.717, 1.165) is 11.4 Å².